The van der Waals surface area contributed by atoms with Gasteiger partial charge in [-0.15, -0.1) is 5.10 Å². The summed E-state index contributed by atoms with van der Waals surface area (Å²) in [5.41, 5.74) is 5.36. The van der Waals surface area contributed by atoms with Gasteiger partial charge < -0.3 is 9.80 Å². The fraction of sp³-hybridized carbons (Fsp3) is 0.250. The number of rotatable bonds is 2. The van der Waals surface area contributed by atoms with Crippen molar-refractivity contribution in [2.75, 3.05) is 22.9 Å². The quantitative estimate of drug-likeness (QED) is 0.723. The maximum Gasteiger partial charge on any atom is 0.251 e. The lowest BCUT2D eigenvalue weighted by Gasteiger charge is -2.30. The van der Waals surface area contributed by atoms with E-state index < -0.39 is 0 Å². The molecule has 2 aliphatic heterocycles. The molecule has 5 heteroatoms. The van der Waals surface area contributed by atoms with Gasteiger partial charge in [0.2, 0.25) is 0 Å². The Kier molecular flexibility index (Phi) is 3.37. The molecule has 0 saturated heterocycles. The summed E-state index contributed by atoms with van der Waals surface area (Å²) in [4.78, 5) is 9.29. The molecule has 0 spiro atoms. The molecule has 0 saturated carbocycles. The zero-order valence-electron chi connectivity index (χ0n) is 14.0. The van der Waals surface area contributed by atoms with Crippen LogP contribution in [0, 0.1) is 0 Å². The van der Waals surface area contributed by atoms with E-state index in [0.29, 0.717) is 5.95 Å². The normalized spacial score (nSPS) is 15.8. The van der Waals surface area contributed by atoms with E-state index in [9.17, 15) is 0 Å². The molecule has 5 rings (SSSR count). The third-order valence-electron chi connectivity index (χ3n) is 5.12. The fourth-order valence-corrected chi connectivity index (χ4v) is 3.79. The molecule has 3 aromatic rings. The standard InChI is InChI=1S/C20H19N5/c1-2-7-17-14-24(11-9-15(17)5-1)19-13-21-23-20(22-19)25-12-10-16-6-3-4-8-18(16)25/h1-8,13H,9-12,14H2. The number of anilines is 3. The average molecular weight is 329 g/mol. The van der Waals surface area contributed by atoms with Gasteiger partial charge in [0.05, 0.1) is 6.20 Å². The van der Waals surface area contributed by atoms with Crippen LogP contribution in [0.15, 0.2) is 54.7 Å². The predicted molar refractivity (Wildman–Crippen MR) is 98.2 cm³/mol. The van der Waals surface area contributed by atoms with E-state index in [2.05, 4.69) is 68.5 Å². The lowest BCUT2D eigenvalue weighted by Crippen LogP contribution is -2.31. The number of para-hydroxylation sites is 1. The van der Waals surface area contributed by atoms with Crippen LogP contribution in [-0.2, 0) is 19.4 Å². The Labute approximate surface area is 147 Å². The van der Waals surface area contributed by atoms with Gasteiger partial charge >= 0.3 is 0 Å². The number of nitrogens with zero attached hydrogens (tertiary/aromatic N) is 5. The first-order valence-corrected chi connectivity index (χ1v) is 8.75. The van der Waals surface area contributed by atoms with Crippen molar-refractivity contribution in [3.05, 3.63) is 71.4 Å². The molecule has 0 bridgehead atoms. The lowest BCUT2D eigenvalue weighted by atomic mass is 10.0. The SMILES string of the molecule is c1ccc2c(c1)CCN(c1cnnc(N3CCc4ccccc43)n1)C2. The summed E-state index contributed by atoms with van der Waals surface area (Å²) in [6.45, 7) is 2.75. The Hall–Kier alpha value is -2.95. The number of aromatic nitrogens is 3. The number of hydrogen-bond donors (Lipinski definition) is 0. The van der Waals surface area contributed by atoms with E-state index in [-0.39, 0.29) is 0 Å². The topological polar surface area (TPSA) is 45.2 Å². The number of fused-ring (bicyclic) bond motifs is 2. The Bertz CT molecular complexity index is 923. The van der Waals surface area contributed by atoms with Gasteiger partial charge in [0.25, 0.3) is 5.95 Å². The van der Waals surface area contributed by atoms with Gasteiger partial charge in [-0.1, -0.05) is 42.5 Å². The van der Waals surface area contributed by atoms with Gasteiger partial charge in [-0.2, -0.15) is 10.1 Å². The first-order valence-electron chi connectivity index (χ1n) is 8.75. The highest BCUT2D eigenvalue weighted by Crippen LogP contribution is 2.33. The second-order valence-electron chi connectivity index (χ2n) is 6.59. The van der Waals surface area contributed by atoms with Gasteiger partial charge in [-0.25, -0.2) is 0 Å². The molecule has 2 aliphatic rings. The maximum atomic E-state index is 4.83. The molecule has 0 unspecified atom stereocenters. The number of benzene rings is 2. The molecular weight excluding hydrogens is 310 g/mol. The third-order valence-corrected chi connectivity index (χ3v) is 5.12. The highest BCUT2D eigenvalue weighted by Gasteiger charge is 2.24. The number of hydrogen-bond acceptors (Lipinski definition) is 5. The molecule has 1 aromatic heterocycles. The van der Waals surface area contributed by atoms with E-state index in [1.807, 2.05) is 0 Å². The van der Waals surface area contributed by atoms with E-state index in [1.54, 1.807) is 6.20 Å². The first kappa shape index (κ1) is 14.4. The Balaban J connectivity index is 1.45. The molecule has 0 radical (unpaired) electrons. The highest BCUT2D eigenvalue weighted by molar-refractivity contribution is 5.66. The lowest BCUT2D eigenvalue weighted by molar-refractivity contribution is 0.712. The molecule has 0 fully saturated rings. The van der Waals surface area contributed by atoms with E-state index in [4.69, 9.17) is 4.98 Å². The Morgan fingerprint density at radius 1 is 0.800 bits per heavy atom. The summed E-state index contributed by atoms with van der Waals surface area (Å²) in [6.07, 6.45) is 3.85. The Morgan fingerprint density at radius 3 is 2.48 bits per heavy atom. The van der Waals surface area contributed by atoms with Crippen molar-refractivity contribution in [2.45, 2.75) is 19.4 Å². The smallest absolute Gasteiger partial charge is 0.251 e. The van der Waals surface area contributed by atoms with Crippen molar-refractivity contribution < 1.29 is 0 Å². The van der Waals surface area contributed by atoms with Crippen LogP contribution in [0.2, 0.25) is 0 Å². The minimum Gasteiger partial charge on any atom is -0.350 e. The molecule has 25 heavy (non-hydrogen) atoms. The summed E-state index contributed by atoms with van der Waals surface area (Å²) in [7, 11) is 0. The largest absolute Gasteiger partial charge is 0.350 e. The summed E-state index contributed by atoms with van der Waals surface area (Å²) in [5.74, 6) is 1.60. The predicted octanol–water partition coefficient (Wildman–Crippen LogP) is 3.13. The van der Waals surface area contributed by atoms with Crippen LogP contribution in [0.4, 0.5) is 17.5 Å². The van der Waals surface area contributed by atoms with Gasteiger partial charge in [-0.3, -0.25) is 0 Å². The fourth-order valence-electron chi connectivity index (χ4n) is 3.79. The zero-order valence-corrected chi connectivity index (χ0v) is 14.0. The zero-order chi connectivity index (χ0) is 16.6. The van der Waals surface area contributed by atoms with Crippen molar-refractivity contribution >= 4 is 17.5 Å². The molecule has 0 atom stereocenters. The van der Waals surface area contributed by atoms with Crippen molar-refractivity contribution in [3.8, 4) is 0 Å². The van der Waals surface area contributed by atoms with E-state index in [1.165, 1.54) is 22.4 Å². The highest BCUT2D eigenvalue weighted by atomic mass is 15.4. The van der Waals surface area contributed by atoms with Crippen molar-refractivity contribution in [2.24, 2.45) is 0 Å². The monoisotopic (exact) mass is 329 g/mol. The average Bonchev–Trinajstić information content (AvgIpc) is 3.12. The van der Waals surface area contributed by atoms with Crippen LogP contribution in [0.25, 0.3) is 0 Å². The molecule has 3 heterocycles. The summed E-state index contributed by atoms with van der Waals surface area (Å²) in [5, 5.41) is 8.54. The van der Waals surface area contributed by atoms with Gasteiger partial charge in [0.15, 0.2) is 5.82 Å². The van der Waals surface area contributed by atoms with Crippen LogP contribution < -0.4 is 9.80 Å². The molecule has 5 nitrogen and oxygen atoms in total. The van der Waals surface area contributed by atoms with E-state index >= 15 is 0 Å². The maximum absolute atomic E-state index is 4.83. The second-order valence-corrected chi connectivity index (χ2v) is 6.59. The minimum absolute atomic E-state index is 0.696. The molecule has 0 aliphatic carbocycles. The van der Waals surface area contributed by atoms with Gasteiger partial charge in [-0.05, 0) is 35.6 Å². The minimum atomic E-state index is 0.696. The van der Waals surface area contributed by atoms with Crippen LogP contribution >= 0.6 is 0 Å². The second kappa shape index (κ2) is 5.84. The van der Waals surface area contributed by atoms with Crippen molar-refractivity contribution in [1.82, 2.24) is 15.2 Å². The molecule has 124 valence electrons. The summed E-state index contributed by atoms with van der Waals surface area (Å²) < 4.78 is 0. The van der Waals surface area contributed by atoms with Crippen molar-refractivity contribution in [3.63, 3.8) is 0 Å². The molecule has 0 N–H and O–H groups in total. The Morgan fingerprint density at radius 2 is 1.56 bits per heavy atom. The van der Waals surface area contributed by atoms with Crippen molar-refractivity contribution in [1.29, 1.82) is 0 Å². The van der Waals surface area contributed by atoms with Crippen LogP contribution in [0.3, 0.4) is 0 Å². The van der Waals surface area contributed by atoms with Gasteiger partial charge in [0.1, 0.15) is 0 Å². The van der Waals surface area contributed by atoms with Crippen LogP contribution in [0.5, 0.6) is 0 Å². The summed E-state index contributed by atoms with van der Waals surface area (Å²) >= 11 is 0. The van der Waals surface area contributed by atoms with Gasteiger partial charge in [0, 0.05) is 25.3 Å². The first-order chi connectivity index (χ1) is 12.4. The molecule has 0 amide bonds. The third kappa shape index (κ3) is 2.52. The molecule has 2 aromatic carbocycles. The van der Waals surface area contributed by atoms with Crippen LogP contribution in [0.1, 0.15) is 16.7 Å². The van der Waals surface area contributed by atoms with E-state index in [0.717, 1.165) is 38.3 Å². The molecular formula is C20H19N5. The van der Waals surface area contributed by atoms with Crippen LogP contribution in [-0.4, -0.2) is 28.3 Å². The summed E-state index contributed by atoms with van der Waals surface area (Å²) in [6, 6.07) is 17.1.